The summed E-state index contributed by atoms with van der Waals surface area (Å²) in [6.45, 7) is 0.110. The number of para-hydroxylation sites is 1. The fraction of sp³-hybridized carbons (Fsp3) is 0.167. The van der Waals surface area contributed by atoms with Gasteiger partial charge in [0.05, 0.1) is 11.4 Å². The second kappa shape index (κ2) is 8.97. The van der Waals surface area contributed by atoms with E-state index in [0.717, 1.165) is 5.69 Å². The van der Waals surface area contributed by atoms with Crippen LogP contribution in [0.1, 0.15) is 5.56 Å². The minimum absolute atomic E-state index is 0.110. The van der Waals surface area contributed by atoms with Gasteiger partial charge in [-0.05, 0) is 36.5 Å². The summed E-state index contributed by atoms with van der Waals surface area (Å²) in [7, 11) is 1.62. The highest BCUT2D eigenvalue weighted by molar-refractivity contribution is 8.01. The number of halogens is 2. The number of benzene rings is 2. The van der Waals surface area contributed by atoms with Crippen LogP contribution in [0.5, 0.6) is 0 Å². The zero-order chi connectivity index (χ0) is 19.4. The van der Waals surface area contributed by atoms with Gasteiger partial charge in [0.25, 0.3) is 0 Å². The SMILES string of the molecule is CN(Cc1c(F)cccc1Cl)C(=O)CSc1nn(-c2ccccc2)c(=S)s1. The molecule has 0 saturated heterocycles. The maximum Gasteiger partial charge on any atom is 0.233 e. The Morgan fingerprint density at radius 1 is 1.30 bits per heavy atom. The van der Waals surface area contributed by atoms with Crippen molar-refractivity contribution in [3.05, 3.63) is 68.9 Å². The van der Waals surface area contributed by atoms with E-state index in [4.69, 9.17) is 23.8 Å². The van der Waals surface area contributed by atoms with E-state index < -0.39 is 5.82 Å². The van der Waals surface area contributed by atoms with Crippen LogP contribution in [-0.4, -0.2) is 33.4 Å². The van der Waals surface area contributed by atoms with Gasteiger partial charge >= 0.3 is 0 Å². The number of hydrogen-bond acceptors (Lipinski definition) is 5. The van der Waals surface area contributed by atoms with E-state index in [9.17, 15) is 9.18 Å². The van der Waals surface area contributed by atoms with Gasteiger partial charge in [-0.15, -0.1) is 5.10 Å². The Morgan fingerprint density at radius 2 is 2.04 bits per heavy atom. The zero-order valence-electron chi connectivity index (χ0n) is 14.3. The Kier molecular flexibility index (Phi) is 6.64. The van der Waals surface area contributed by atoms with Crippen molar-refractivity contribution in [1.82, 2.24) is 14.7 Å². The van der Waals surface area contributed by atoms with Crippen molar-refractivity contribution >= 4 is 52.8 Å². The molecule has 9 heteroatoms. The minimum atomic E-state index is -0.422. The Bertz CT molecular complexity index is 986. The van der Waals surface area contributed by atoms with E-state index in [1.54, 1.807) is 17.8 Å². The van der Waals surface area contributed by atoms with E-state index in [-0.39, 0.29) is 18.2 Å². The van der Waals surface area contributed by atoms with Crippen molar-refractivity contribution in [2.24, 2.45) is 0 Å². The van der Waals surface area contributed by atoms with Gasteiger partial charge in [-0.1, -0.05) is 59.0 Å². The minimum Gasteiger partial charge on any atom is -0.341 e. The van der Waals surface area contributed by atoms with Crippen LogP contribution in [0.25, 0.3) is 5.69 Å². The number of nitrogens with zero attached hydrogens (tertiary/aromatic N) is 3. The quantitative estimate of drug-likeness (QED) is 0.390. The topological polar surface area (TPSA) is 38.1 Å². The lowest BCUT2D eigenvalue weighted by atomic mass is 10.2. The van der Waals surface area contributed by atoms with Crippen LogP contribution >= 0.6 is 46.9 Å². The molecule has 0 fully saturated rings. The lowest BCUT2D eigenvalue weighted by molar-refractivity contribution is -0.127. The molecule has 1 heterocycles. The first-order valence-corrected chi connectivity index (χ1v) is 10.5. The summed E-state index contributed by atoms with van der Waals surface area (Å²) in [4.78, 5) is 13.8. The monoisotopic (exact) mass is 439 g/mol. The average molecular weight is 440 g/mol. The van der Waals surface area contributed by atoms with Crippen LogP contribution in [-0.2, 0) is 11.3 Å². The average Bonchev–Trinajstić information content (AvgIpc) is 3.04. The Labute approximate surface area is 174 Å². The third kappa shape index (κ3) is 4.95. The summed E-state index contributed by atoms with van der Waals surface area (Å²) in [5.74, 6) is -0.388. The molecule has 3 rings (SSSR count). The highest BCUT2D eigenvalue weighted by Gasteiger charge is 2.16. The van der Waals surface area contributed by atoms with Crippen molar-refractivity contribution < 1.29 is 9.18 Å². The molecule has 0 aliphatic carbocycles. The lowest BCUT2D eigenvalue weighted by Gasteiger charge is -2.18. The highest BCUT2D eigenvalue weighted by atomic mass is 35.5. The third-order valence-corrected chi connectivity index (χ3v) is 6.44. The first-order valence-electron chi connectivity index (χ1n) is 7.91. The van der Waals surface area contributed by atoms with E-state index in [0.29, 0.717) is 18.9 Å². The molecule has 0 bridgehead atoms. The van der Waals surface area contributed by atoms with Crippen LogP contribution in [0.3, 0.4) is 0 Å². The van der Waals surface area contributed by atoms with Crippen molar-refractivity contribution in [2.75, 3.05) is 12.8 Å². The molecule has 0 unspecified atom stereocenters. The van der Waals surface area contributed by atoms with E-state index in [2.05, 4.69) is 5.10 Å². The summed E-state index contributed by atoms with van der Waals surface area (Å²) in [5, 5.41) is 4.77. The molecule has 0 spiro atoms. The predicted octanol–water partition coefficient (Wildman–Crippen LogP) is 5.21. The molecule has 4 nitrogen and oxygen atoms in total. The number of aromatic nitrogens is 2. The van der Waals surface area contributed by atoms with Gasteiger partial charge in [-0.3, -0.25) is 4.79 Å². The second-order valence-electron chi connectivity index (χ2n) is 5.62. The summed E-state index contributed by atoms with van der Waals surface area (Å²) in [5.41, 5.74) is 1.19. The summed E-state index contributed by atoms with van der Waals surface area (Å²) < 4.78 is 16.9. The lowest BCUT2D eigenvalue weighted by Crippen LogP contribution is -2.28. The number of rotatable bonds is 6. The number of carbonyl (C=O) groups is 1. The molecule has 0 aliphatic rings. The van der Waals surface area contributed by atoms with Gasteiger partial charge in [0.15, 0.2) is 8.29 Å². The Morgan fingerprint density at radius 3 is 2.74 bits per heavy atom. The summed E-state index contributed by atoms with van der Waals surface area (Å²) >= 11 is 14.0. The molecule has 1 amide bonds. The third-order valence-electron chi connectivity index (χ3n) is 3.73. The molecular weight excluding hydrogens is 425 g/mol. The fourth-order valence-electron chi connectivity index (χ4n) is 2.29. The molecule has 0 N–H and O–H groups in total. The molecule has 0 aliphatic heterocycles. The molecule has 0 radical (unpaired) electrons. The standard InChI is InChI=1S/C18H15ClFN3OS3/c1-22(10-13-14(19)8-5-9-15(13)20)16(24)11-26-17-21-23(18(25)27-17)12-6-3-2-4-7-12/h2-9H,10-11H2,1H3. The van der Waals surface area contributed by atoms with E-state index in [1.165, 1.54) is 40.1 Å². The Balaban J connectivity index is 1.63. The maximum absolute atomic E-state index is 13.9. The van der Waals surface area contributed by atoms with Crippen molar-refractivity contribution in [1.29, 1.82) is 0 Å². The molecule has 0 atom stereocenters. The number of hydrogen-bond donors (Lipinski definition) is 0. The molecule has 3 aromatic rings. The van der Waals surface area contributed by atoms with Crippen molar-refractivity contribution in [3.8, 4) is 5.69 Å². The van der Waals surface area contributed by atoms with Gasteiger partial charge in [0.2, 0.25) is 5.91 Å². The van der Waals surface area contributed by atoms with Crippen LogP contribution in [0.15, 0.2) is 52.9 Å². The summed E-state index contributed by atoms with van der Waals surface area (Å²) in [6.07, 6.45) is 0. The number of thioether (sulfide) groups is 1. The molecule has 140 valence electrons. The maximum atomic E-state index is 13.9. The molecule has 1 aromatic heterocycles. The van der Waals surface area contributed by atoms with Gasteiger partial charge in [-0.25, -0.2) is 9.07 Å². The molecule has 0 saturated carbocycles. The van der Waals surface area contributed by atoms with Crippen LogP contribution < -0.4 is 0 Å². The van der Waals surface area contributed by atoms with E-state index >= 15 is 0 Å². The van der Waals surface area contributed by atoms with E-state index in [1.807, 2.05) is 30.3 Å². The predicted molar refractivity (Wildman–Crippen MR) is 111 cm³/mol. The van der Waals surface area contributed by atoms with Crippen LogP contribution in [0.2, 0.25) is 5.02 Å². The summed E-state index contributed by atoms with van der Waals surface area (Å²) in [6, 6.07) is 14.1. The van der Waals surface area contributed by atoms with Crippen molar-refractivity contribution in [2.45, 2.75) is 10.9 Å². The molecular formula is C18H15ClFN3OS3. The van der Waals surface area contributed by atoms with Crippen LogP contribution in [0.4, 0.5) is 4.39 Å². The van der Waals surface area contributed by atoms with Crippen molar-refractivity contribution in [3.63, 3.8) is 0 Å². The smallest absolute Gasteiger partial charge is 0.233 e. The van der Waals surface area contributed by atoms with Gasteiger partial charge in [0.1, 0.15) is 5.82 Å². The number of carbonyl (C=O) groups excluding carboxylic acids is 1. The first-order chi connectivity index (χ1) is 13.0. The van der Waals surface area contributed by atoms with Gasteiger partial charge in [0, 0.05) is 24.2 Å². The van der Waals surface area contributed by atoms with Crippen LogP contribution in [0, 0.1) is 9.77 Å². The first kappa shape index (κ1) is 20.0. The van der Waals surface area contributed by atoms with Gasteiger partial charge < -0.3 is 4.90 Å². The second-order valence-corrected chi connectivity index (χ2v) is 8.87. The normalized spacial score (nSPS) is 10.8. The highest BCUT2D eigenvalue weighted by Crippen LogP contribution is 2.25. The largest absolute Gasteiger partial charge is 0.341 e. The fourth-order valence-corrected chi connectivity index (χ4v) is 4.82. The molecule has 27 heavy (non-hydrogen) atoms. The molecule has 2 aromatic carbocycles. The Hall–Kier alpha value is -1.74. The number of amides is 1. The van der Waals surface area contributed by atoms with Gasteiger partial charge in [-0.2, -0.15) is 0 Å². The zero-order valence-corrected chi connectivity index (χ0v) is 17.5.